The highest BCUT2D eigenvalue weighted by Crippen LogP contribution is 2.44. The Bertz CT molecular complexity index is 1090. The number of hydrogen-bond acceptors (Lipinski definition) is 6. The average Bonchev–Trinajstić information content (AvgIpc) is 3.50. The molecule has 1 saturated carbocycles. The van der Waals surface area contributed by atoms with Crippen molar-refractivity contribution in [3.63, 3.8) is 0 Å². The van der Waals surface area contributed by atoms with Gasteiger partial charge in [0.25, 0.3) is 0 Å². The van der Waals surface area contributed by atoms with Gasteiger partial charge in [-0.3, -0.25) is 0 Å². The quantitative estimate of drug-likeness (QED) is 0.765. The van der Waals surface area contributed by atoms with Crippen LogP contribution in [-0.4, -0.2) is 36.3 Å². The number of ether oxygens (including phenoxy) is 2. The van der Waals surface area contributed by atoms with Crippen LogP contribution in [0.2, 0.25) is 0 Å². The van der Waals surface area contributed by atoms with E-state index in [4.69, 9.17) is 9.47 Å². The predicted octanol–water partition coefficient (Wildman–Crippen LogP) is 2.29. The second-order valence-electron chi connectivity index (χ2n) is 7.08. The first-order chi connectivity index (χ1) is 13.2. The van der Waals surface area contributed by atoms with Crippen molar-refractivity contribution in [2.45, 2.75) is 28.7 Å². The molecule has 0 amide bonds. The first-order valence-electron chi connectivity index (χ1n) is 8.96. The molecule has 0 spiro atoms. The maximum atomic E-state index is 12.9. The fourth-order valence-corrected chi connectivity index (χ4v) is 5.14. The van der Waals surface area contributed by atoms with Gasteiger partial charge in [0.05, 0.1) is 9.79 Å². The Balaban J connectivity index is 1.61. The van der Waals surface area contributed by atoms with Crippen molar-refractivity contribution < 1.29 is 26.3 Å². The van der Waals surface area contributed by atoms with E-state index in [9.17, 15) is 16.8 Å². The molecule has 1 aliphatic carbocycles. The van der Waals surface area contributed by atoms with Crippen LogP contribution in [0.25, 0.3) is 0 Å². The largest absolute Gasteiger partial charge is 0.486 e. The van der Waals surface area contributed by atoms with E-state index in [1.807, 2.05) is 12.1 Å². The minimum atomic E-state index is -3.81. The molecule has 1 N–H and O–H groups in total. The van der Waals surface area contributed by atoms with Crippen molar-refractivity contribution in [3.05, 3.63) is 48.0 Å². The van der Waals surface area contributed by atoms with E-state index < -0.39 is 19.9 Å². The standard InChI is InChI=1S/C19H21NO6S2/c1-27(21,22)15-5-7-16(8-6-15)28(23,24)20-19(13-2-3-13)14-4-9-17-18(12-14)26-11-10-25-17/h4-9,12-13,19-20H,2-3,10-11H2,1H3/t19-/m0/s1. The van der Waals surface area contributed by atoms with Crippen molar-refractivity contribution in [1.82, 2.24) is 4.72 Å². The zero-order chi connectivity index (χ0) is 19.9. The Hall–Kier alpha value is -2.10. The molecule has 0 unspecified atom stereocenters. The van der Waals surface area contributed by atoms with Crippen LogP contribution in [0.4, 0.5) is 0 Å². The summed E-state index contributed by atoms with van der Waals surface area (Å²) in [7, 11) is -7.20. The lowest BCUT2D eigenvalue weighted by Crippen LogP contribution is -2.30. The molecule has 28 heavy (non-hydrogen) atoms. The highest BCUT2D eigenvalue weighted by molar-refractivity contribution is 7.90. The maximum absolute atomic E-state index is 12.9. The van der Waals surface area contributed by atoms with Crippen LogP contribution < -0.4 is 14.2 Å². The molecule has 0 bridgehead atoms. The molecule has 1 atom stereocenters. The van der Waals surface area contributed by atoms with Crippen LogP contribution in [0, 0.1) is 5.92 Å². The molecular formula is C19H21NO6S2. The lowest BCUT2D eigenvalue weighted by atomic mass is 10.0. The first-order valence-corrected chi connectivity index (χ1v) is 12.3. The van der Waals surface area contributed by atoms with Gasteiger partial charge in [-0.15, -0.1) is 0 Å². The number of fused-ring (bicyclic) bond motifs is 1. The Kier molecular flexibility index (Phi) is 4.84. The normalized spacial score (nSPS) is 17.9. The summed E-state index contributed by atoms with van der Waals surface area (Å²) in [6, 6.07) is 10.3. The number of hydrogen-bond donors (Lipinski definition) is 1. The fourth-order valence-electron chi connectivity index (χ4n) is 3.22. The van der Waals surface area contributed by atoms with E-state index in [2.05, 4.69) is 4.72 Å². The van der Waals surface area contributed by atoms with E-state index >= 15 is 0 Å². The maximum Gasteiger partial charge on any atom is 0.241 e. The number of sulfone groups is 1. The van der Waals surface area contributed by atoms with Crippen LogP contribution in [0.15, 0.2) is 52.3 Å². The third kappa shape index (κ3) is 4.01. The van der Waals surface area contributed by atoms with E-state index in [0.29, 0.717) is 24.7 Å². The van der Waals surface area contributed by atoms with E-state index in [-0.39, 0.29) is 21.8 Å². The van der Waals surface area contributed by atoms with Gasteiger partial charge in [-0.25, -0.2) is 21.6 Å². The molecule has 1 aliphatic heterocycles. The number of sulfonamides is 1. The monoisotopic (exact) mass is 423 g/mol. The summed E-state index contributed by atoms with van der Waals surface area (Å²) < 4.78 is 62.9. The first kappa shape index (κ1) is 19.2. The Morgan fingerprint density at radius 2 is 1.50 bits per heavy atom. The summed E-state index contributed by atoms with van der Waals surface area (Å²) in [6.07, 6.45) is 2.96. The van der Waals surface area contributed by atoms with E-state index in [1.54, 1.807) is 6.07 Å². The third-order valence-corrected chi connectivity index (χ3v) is 7.45. The topological polar surface area (TPSA) is 98.8 Å². The summed E-state index contributed by atoms with van der Waals surface area (Å²) in [5.41, 5.74) is 0.822. The molecular weight excluding hydrogens is 402 g/mol. The van der Waals surface area contributed by atoms with Crippen molar-refractivity contribution in [1.29, 1.82) is 0 Å². The fraction of sp³-hybridized carbons (Fsp3) is 0.368. The number of nitrogens with one attached hydrogen (secondary N) is 1. The molecule has 0 radical (unpaired) electrons. The Morgan fingerprint density at radius 1 is 0.893 bits per heavy atom. The summed E-state index contributed by atoms with van der Waals surface area (Å²) in [5, 5.41) is 0. The van der Waals surface area contributed by atoms with Crippen molar-refractivity contribution in [2.75, 3.05) is 19.5 Å². The number of rotatable bonds is 6. The summed E-state index contributed by atoms with van der Waals surface area (Å²) >= 11 is 0. The number of benzene rings is 2. The van der Waals surface area contributed by atoms with Gasteiger partial charge < -0.3 is 9.47 Å². The third-order valence-electron chi connectivity index (χ3n) is 4.86. The smallest absolute Gasteiger partial charge is 0.241 e. The molecule has 2 aromatic carbocycles. The minimum Gasteiger partial charge on any atom is -0.486 e. The molecule has 0 saturated heterocycles. The van der Waals surface area contributed by atoms with Crippen LogP contribution in [-0.2, 0) is 19.9 Å². The van der Waals surface area contributed by atoms with Crippen molar-refractivity contribution in [2.24, 2.45) is 5.92 Å². The summed E-state index contributed by atoms with van der Waals surface area (Å²) in [4.78, 5) is 0.111. The van der Waals surface area contributed by atoms with E-state index in [0.717, 1.165) is 24.7 Å². The molecule has 1 heterocycles. The molecule has 2 aromatic rings. The molecule has 0 aromatic heterocycles. The SMILES string of the molecule is CS(=O)(=O)c1ccc(S(=O)(=O)N[C@H](c2ccc3c(c2)OCCO3)C2CC2)cc1. The van der Waals surface area contributed by atoms with Gasteiger partial charge in [0.2, 0.25) is 10.0 Å². The van der Waals surface area contributed by atoms with Gasteiger partial charge in [0.15, 0.2) is 21.3 Å². The Morgan fingerprint density at radius 3 is 2.11 bits per heavy atom. The van der Waals surface area contributed by atoms with Gasteiger partial charge in [0.1, 0.15) is 13.2 Å². The van der Waals surface area contributed by atoms with Gasteiger partial charge in [-0.1, -0.05) is 6.07 Å². The summed E-state index contributed by atoms with van der Waals surface area (Å²) in [5.74, 6) is 1.49. The predicted molar refractivity (Wildman–Crippen MR) is 103 cm³/mol. The van der Waals surface area contributed by atoms with Crippen LogP contribution in [0.1, 0.15) is 24.4 Å². The van der Waals surface area contributed by atoms with Gasteiger partial charge in [-0.05, 0) is 60.7 Å². The lowest BCUT2D eigenvalue weighted by molar-refractivity contribution is 0.171. The molecule has 150 valence electrons. The summed E-state index contributed by atoms with van der Waals surface area (Å²) in [6.45, 7) is 0.956. The highest BCUT2D eigenvalue weighted by Gasteiger charge is 2.36. The molecule has 1 fully saturated rings. The van der Waals surface area contributed by atoms with Crippen LogP contribution >= 0.6 is 0 Å². The average molecular weight is 424 g/mol. The molecule has 7 nitrogen and oxygen atoms in total. The molecule has 4 rings (SSSR count). The molecule has 9 heteroatoms. The minimum absolute atomic E-state index is 0.0306. The molecule has 2 aliphatic rings. The zero-order valence-corrected chi connectivity index (χ0v) is 16.9. The van der Waals surface area contributed by atoms with E-state index in [1.165, 1.54) is 24.3 Å². The second kappa shape index (κ2) is 7.06. The van der Waals surface area contributed by atoms with Crippen LogP contribution in [0.5, 0.6) is 11.5 Å². The highest BCUT2D eigenvalue weighted by atomic mass is 32.2. The van der Waals surface area contributed by atoms with Crippen LogP contribution in [0.3, 0.4) is 0 Å². The lowest BCUT2D eigenvalue weighted by Gasteiger charge is -2.23. The second-order valence-corrected chi connectivity index (χ2v) is 10.8. The zero-order valence-electron chi connectivity index (χ0n) is 15.3. The van der Waals surface area contributed by atoms with Crippen molar-refractivity contribution in [3.8, 4) is 11.5 Å². The van der Waals surface area contributed by atoms with Gasteiger partial charge in [-0.2, -0.15) is 0 Å². The Labute approximate surface area is 164 Å². The van der Waals surface area contributed by atoms with Gasteiger partial charge >= 0.3 is 0 Å². The van der Waals surface area contributed by atoms with Crippen molar-refractivity contribution >= 4 is 19.9 Å². The van der Waals surface area contributed by atoms with Gasteiger partial charge in [0, 0.05) is 12.3 Å².